The number of hydrogen-bond donors (Lipinski definition) is 3. The second-order valence-electron chi connectivity index (χ2n) is 9.16. The number of anilines is 3. The van der Waals surface area contributed by atoms with Crippen LogP contribution in [0.1, 0.15) is 15.9 Å². The Kier molecular flexibility index (Phi) is 9.53. The van der Waals surface area contributed by atoms with Crippen molar-refractivity contribution < 1.29 is 28.2 Å². The summed E-state index contributed by atoms with van der Waals surface area (Å²) in [6, 6.07) is 17.9. The Hall–Kier alpha value is -4.64. The number of rotatable bonds is 9. The van der Waals surface area contributed by atoms with E-state index in [4.69, 9.17) is 9.47 Å². The molecule has 4 amide bonds. The molecule has 3 N–H and O–H groups in total. The molecule has 1 aliphatic heterocycles. The Morgan fingerprint density at radius 3 is 2.17 bits per heavy atom. The number of ether oxygens (including phenoxy) is 2. The number of piperazine rings is 1. The van der Waals surface area contributed by atoms with Gasteiger partial charge in [-0.15, -0.1) is 0 Å². The smallest absolute Gasteiger partial charge is 0.321 e. The molecule has 10 nitrogen and oxygen atoms in total. The number of carbonyl (C=O) groups excluding carboxylic acids is 3. The molecule has 3 aromatic rings. The van der Waals surface area contributed by atoms with E-state index in [2.05, 4.69) is 16.0 Å². The van der Waals surface area contributed by atoms with Crippen LogP contribution in [0, 0.1) is 5.82 Å². The van der Waals surface area contributed by atoms with Gasteiger partial charge in [-0.3, -0.25) is 9.59 Å². The van der Waals surface area contributed by atoms with E-state index < -0.39 is 0 Å². The number of amides is 4. The predicted octanol–water partition coefficient (Wildman–Crippen LogP) is 3.70. The Bertz CT molecular complexity index is 1330. The van der Waals surface area contributed by atoms with Gasteiger partial charge in [0, 0.05) is 56.9 Å². The van der Waals surface area contributed by atoms with Crippen LogP contribution in [-0.4, -0.2) is 69.8 Å². The first kappa shape index (κ1) is 28.4. The lowest BCUT2D eigenvalue weighted by molar-refractivity contribution is -0.119. The molecule has 1 aliphatic rings. The summed E-state index contributed by atoms with van der Waals surface area (Å²) in [4.78, 5) is 41.9. The van der Waals surface area contributed by atoms with Crippen molar-refractivity contribution in [1.29, 1.82) is 0 Å². The number of nitrogens with one attached hydrogen (secondary N) is 3. The van der Waals surface area contributed by atoms with Gasteiger partial charge in [-0.25, -0.2) is 9.18 Å². The van der Waals surface area contributed by atoms with E-state index in [-0.39, 0.29) is 36.8 Å². The van der Waals surface area contributed by atoms with Crippen molar-refractivity contribution in [2.45, 2.75) is 6.54 Å². The molecular formula is C29H32FN5O5. The Labute approximate surface area is 232 Å². The van der Waals surface area contributed by atoms with E-state index in [9.17, 15) is 18.8 Å². The number of halogens is 1. The van der Waals surface area contributed by atoms with Crippen LogP contribution in [0.25, 0.3) is 0 Å². The molecule has 0 aliphatic carbocycles. The molecule has 3 aromatic carbocycles. The monoisotopic (exact) mass is 549 g/mol. The standard InChI is InChI=1S/C29H32FN5O5/c1-39-19-27(36)32-23-9-12-26(25(17-23)28(37)31-18-20-3-5-21(30)6-4-20)34-13-15-35(16-14-34)29(38)33-22-7-10-24(40-2)11-8-22/h3-12,17H,13-16,18-19H2,1-2H3,(H,31,37)(H,32,36)(H,33,38). The summed E-state index contributed by atoms with van der Waals surface area (Å²) in [6.45, 7) is 2.00. The molecule has 0 bridgehead atoms. The molecule has 0 spiro atoms. The summed E-state index contributed by atoms with van der Waals surface area (Å²) in [6.07, 6.45) is 0. The van der Waals surface area contributed by atoms with Gasteiger partial charge in [0.2, 0.25) is 5.91 Å². The molecule has 1 saturated heterocycles. The van der Waals surface area contributed by atoms with Crippen molar-refractivity contribution in [3.05, 3.63) is 83.7 Å². The average molecular weight is 550 g/mol. The SMILES string of the molecule is COCC(=O)Nc1ccc(N2CCN(C(=O)Nc3ccc(OC)cc3)CC2)c(C(=O)NCc2ccc(F)cc2)c1. The van der Waals surface area contributed by atoms with Crippen LogP contribution < -0.4 is 25.6 Å². The molecule has 4 rings (SSSR count). The number of hydrogen-bond acceptors (Lipinski definition) is 6. The molecule has 210 valence electrons. The first-order chi connectivity index (χ1) is 19.4. The highest BCUT2D eigenvalue weighted by Crippen LogP contribution is 2.26. The molecule has 1 fully saturated rings. The zero-order valence-electron chi connectivity index (χ0n) is 22.4. The summed E-state index contributed by atoms with van der Waals surface area (Å²) in [5.74, 6) is -0.339. The van der Waals surface area contributed by atoms with Gasteiger partial charge in [-0.2, -0.15) is 0 Å². The van der Waals surface area contributed by atoms with Gasteiger partial charge in [0.15, 0.2) is 0 Å². The zero-order chi connectivity index (χ0) is 28.5. The van der Waals surface area contributed by atoms with Crippen molar-refractivity contribution >= 4 is 34.9 Å². The highest BCUT2D eigenvalue weighted by molar-refractivity contribution is 6.02. The van der Waals surface area contributed by atoms with Gasteiger partial charge in [-0.05, 0) is 60.2 Å². The van der Waals surface area contributed by atoms with E-state index in [1.54, 1.807) is 66.6 Å². The summed E-state index contributed by atoms with van der Waals surface area (Å²) < 4.78 is 23.3. The van der Waals surface area contributed by atoms with Crippen LogP contribution >= 0.6 is 0 Å². The van der Waals surface area contributed by atoms with Crippen molar-refractivity contribution in [3.8, 4) is 5.75 Å². The number of methoxy groups -OCH3 is 2. The fourth-order valence-electron chi connectivity index (χ4n) is 4.31. The normalized spacial score (nSPS) is 13.0. The number of carbonyl (C=O) groups is 3. The molecule has 0 atom stereocenters. The van der Waals surface area contributed by atoms with Crippen LogP contribution in [0.3, 0.4) is 0 Å². The van der Waals surface area contributed by atoms with Crippen molar-refractivity contribution in [3.63, 3.8) is 0 Å². The molecular weight excluding hydrogens is 517 g/mol. The number of urea groups is 1. The van der Waals surface area contributed by atoms with Gasteiger partial charge in [-0.1, -0.05) is 12.1 Å². The maximum atomic E-state index is 13.3. The van der Waals surface area contributed by atoms with Gasteiger partial charge in [0.05, 0.1) is 12.7 Å². The molecule has 11 heteroatoms. The van der Waals surface area contributed by atoms with Crippen LogP contribution in [-0.2, 0) is 16.1 Å². The predicted molar refractivity (Wildman–Crippen MR) is 150 cm³/mol. The number of nitrogens with zero attached hydrogens (tertiary/aromatic N) is 2. The second-order valence-corrected chi connectivity index (χ2v) is 9.16. The van der Waals surface area contributed by atoms with Gasteiger partial charge < -0.3 is 35.2 Å². The Morgan fingerprint density at radius 1 is 0.850 bits per heavy atom. The lowest BCUT2D eigenvalue weighted by atomic mass is 10.1. The Morgan fingerprint density at radius 2 is 1.52 bits per heavy atom. The lowest BCUT2D eigenvalue weighted by Crippen LogP contribution is -2.50. The highest BCUT2D eigenvalue weighted by Gasteiger charge is 2.25. The van der Waals surface area contributed by atoms with E-state index in [0.717, 1.165) is 5.56 Å². The molecule has 0 aromatic heterocycles. The minimum Gasteiger partial charge on any atom is -0.497 e. The van der Waals surface area contributed by atoms with Crippen LogP contribution in [0.2, 0.25) is 0 Å². The zero-order valence-corrected chi connectivity index (χ0v) is 22.4. The van der Waals surface area contributed by atoms with E-state index >= 15 is 0 Å². The van der Waals surface area contributed by atoms with Gasteiger partial charge >= 0.3 is 6.03 Å². The fourth-order valence-corrected chi connectivity index (χ4v) is 4.31. The van der Waals surface area contributed by atoms with Crippen molar-refractivity contribution in [2.75, 3.05) is 62.5 Å². The molecule has 0 saturated carbocycles. The third-order valence-corrected chi connectivity index (χ3v) is 6.42. The average Bonchev–Trinajstić information content (AvgIpc) is 2.97. The largest absolute Gasteiger partial charge is 0.497 e. The maximum Gasteiger partial charge on any atom is 0.321 e. The van der Waals surface area contributed by atoms with Crippen molar-refractivity contribution in [1.82, 2.24) is 10.2 Å². The quantitative estimate of drug-likeness (QED) is 0.375. The van der Waals surface area contributed by atoms with E-state index in [1.165, 1.54) is 19.2 Å². The number of benzene rings is 3. The second kappa shape index (κ2) is 13.4. The third-order valence-electron chi connectivity index (χ3n) is 6.42. The van der Waals surface area contributed by atoms with Gasteiger partial charge in [0.1, 0.15) is 18.2 Å². The van der Waals surface area contributed by atoms with Crippen LogP contribution in [0.4, 0.5) is 26.2 Å². The summed E-state index contributed by atoms with van der Waals surface area (Å²) in [5.41, 5.74) is 2.91. The Balaban J connectivity index is 1.45. The topological polar surface area (TPSA) is 112 Å². The summed E-state index contributed by atoms with van der Waals surface area (Å²) in [5, 5.41) is 8.49. The first-order valence-electron chi connectivity index (χ1n) is 12.8. The maximum absolute atomic E-state index is 13.3. The molecule has 40 heavy (non-hydrogen) atoms. The van der Waals surface area contributed by atoms with Gasteiger partial charge in [0.25, 0.3) is 5.91 Å². The fraction of sp³-hybridized carbons (Fsp3) is 0.276. The van der Waals surface area contributed by atoms with E-state index in [0.29, 0.717) is 54.6 Å². The molecule has 1 heterocycles. The molecule has 0 unspecified atom stereocenters. The van der Waals surface area contributed by atoms with Crippen LogP contribution in [0.5, 0.6) is 5.75 Å². The molecule has 0 radical (unpaired) electrons. The minimum absolute atomic E-state index is 0.117. The van der Waals surface area contributed by atoms with Crippen LogP contribution in [0.15, 0.2) is 66.7 Å². The summed E-state index contributed by atoms with van der Waals surface area (Å²) >= 11 is 0. The van der Waals surface area contributed by atoms with E-state index in [1.807, 2.05) is 4.90 Å². The highest BCUT2D eigenvalue weighted by atomic mass is 19.1. The first-order valence-corrected chi connectivity index (χ1v) is 12.8. The van der Waals surface area contributed by atoms with Crippen molar-refractivity contribution in [2.24, 2.45) is 0 Å². The lowest BCUT2D eigenvalue weighted by Gasteiger charge is -2.37. The minimum atomic E-state index is -0.353. The third kappa shape index (κ3) is 7.48. The summed E-state index contributed by atoms with van der Waals surface area (Å²) in [7, 11) is 3.01.